The molecule has 3 aromatic carbocycles. The number of hydrogen-bond acceptors (Lipinski definition) is 3. The van der Waals surface area contributed by atoms with Gasteiger partial charge >= 0.3 is 0 Å². The number of carbonyl (C=O) groups excluding carboxylic acids is 2. The van der Waals surface area contributed by atoms with Gasteiger partial charge < -0.3 is 15.4 Å². The van der Waals surface area contributed by atoms with Gasteiger partial charge in [-0.25, -0.2) is 4.39 Å². The van der Waals surface area contributed by atoms with Crippen LogP contribution in [0, 0.1) is 5.82 Å². The molecule has 0 aliphatic carbocycles. The van der Waals surface area contributed by atoms with E-state index in [0.717, 1.165) is 5.56 Å². The molecule has 0 saturated carbocycles. The summed E-state index contributed by atoms with van der Waals surface area (Å²) in [5.74, 6) is -0.115. The monoisotopic (exact) mass is 406 g/mol. The molecule has 0 aliphatic heterocycles. The Morgan fingerprint density at radius 1 is 0.900 bits per heavy atom. The van der Waals surface area contributed by atoms with E-state index in [1.807, 2.05) is 24.3 Å². The first-order valence-electron chi connectivity index (χ1n) is 9.61. The van der Waals surface area contributed by atoms with E-state index in [0.29, 0.717) is 22.7 Å². The smallest absolute Gasteiger partial charge is 0.262 e. The van der Waals surface area contributed by atoms with E-state index in [2.05, 4.69) is 24.5 Å². The molecule has 30 heavy (non-hydrogen) atoms. The molecular formula is C24H23FN2O3. The predicted molar refractivity (Wildman–Crippen MR) is 115 cm³/mol. The van der Waals surface area contributed by atoms with Crippen LogP contribution in [0.1, 0.15) is 35.7 Å². The lowest BCUT2D eigenvalue weighted by Crippen LogP contribution is -2.21. The van der Waals surface area contributed by atoms with Gasteiger partial charge in [0.05, 0.1) is 0 Å². The summed E-state index contributed by atoms with van der Waals surface area (Å²) in [4.78, 5) is 24.7. The largest absolute Gasteiger partial charge is 0.483 e. The van der Waals surface area contributed by atoms with Crippen molar-refractivity contribution in [2.75, 3.05) is 17.2 Å². The number of hydrogen-bond donors (Lipinski definition) is 2. The van der Waals surface area contributed by atoms with E-state index in [9.17, 15) is 14.0 Å². The van der Waals surface area contributed by atoms with E-state index in [4.69, 9.17) is 4.74 Å². The van der Waals surface area contributed by atoms with Crippen LogP contribution in [0.15, 0.2) is 72.8 Å². The Labute approximate surface area is 174 Å². The fourth-order valence-electron chi connectivity index (χ4n) is 2.90. The predicted octanol–water partition coefficient (Wildman–Crippen LogP) is 5.22. The molecule has 2 amide bonds. The molecule has 0 heterocycles. The van der Waals surface area contributed by atoms with E-state index < -0.39 is 0 Å². The number of nitrogens with one attached hydrogen (secondary N) is 2. The second kappa shape index (κ2) is 9.69. The minimum atomic E-state index is -0.379. The van der Waals surface area contributed by atoms with Crippen molar-refractivity contribution in [2.24, 2.45) is 0 Å². The Bertz CT molecular complexity index is 1030. The third kappa shape index (κ3) is 5.67. The Morgan fingerprint density at radius 2 is 1.63 bits per heavy atom. The molecule has 6 heteroatoms. The minimum Gasteiger partial charge on any atom is -0.483 e. The van der Waals surface area contributed by atoms with Gasteiger partial charge in [-0.2, -0.15) is 0 Å². The highest BCUT2D eigenvalue weighted by atomic mass is 19.1. The van der Waals surface area contributed by atoms with Crippen LogP contribution in [0.4, 0.5) is 15.8 Å². The second-order valence-corrected chi connectivity index (χ2v) is 7.07. The molecule has 154 valence electrons. The zero-order chi connectivity index (χ0) is 21.5. The van der Waals surface area contributed by atoms with Gasteiger partial charge in [0, 0.05) is 16.9 Å². The van der Waals surface area contributed by atoms with Crippen molar-refractivity contribution in [1.82, 2.24) is 0 Å². The lowest BCUT2D eigenvalue weighted by atomic mass is 10.0. The van der Waals surface area contributed by atoms with Crippen molar-refractivity contribution in [3.8, 4) is 5.75 Å². The molecule has 0 unspecified atom stereocenters. The van der Waals surface area contributed by atoms with Gasteiger partial charge in [0.25, 0.3) is 11.8 Å². The molecule has 0 saturated heterocycles. The molecule has 0 aromatic heterocycles. The van der Waals surface area contributed by atoms with Gasteiger partial charge in [-0.15, -0.1) is 0 Å². The van der Waals surface area contributed by atoms with Gasteiger partial charge in [-0.3, -0.25) is 9.59 Å². The molecule has 0 bridgehead atoms. The number of carbonyl (C=O) groups is 2. The first kappa shape index (κ1) is 21.0. The minimum absolute atomic E-state index is 0.143. The fourth-order valence-corrected chi connectivity index (χ4v) is 2.90. The van der Waals surface area contributed by atoms with E-state index >= 15 is 0 Å². The number of halogens is 1. The summed E-state index contributed by atoms with van der Waals surface area (Å²) in [7, 11) is 0. The Balaban J connectivity index is 1.60. The molecule has 0 radical (unpaired) electrons. The molecule has 5 nitrogen and oxygen atoms in total. The Kier molecular flexibility index (Phi) is 6.80. The third-order valence-electron chi connectivity index (χ3n) is 4.41. The van der Waals surface area contributed by atoms with Crippen LogP contribution in [0.2, 0.25) is 0 Å². The number of rotatable bonds is 7. The van der Waals surface area contributed by atoms with Gasteiger partial charge in [-0.05, 0) is 60.0 Å². The van der Waals surface area contributed by atoms with E-state index in [-0.39, 0.29) is 30.2 Å². The van der Waals surface area contributed by atoms with Crippen LogP contribution in [0.5, 0.6) is 5.75 Å². The summed E-state index contributed by atoms with van der Waals surface area (Å²) >= 11 is 0. The number of ether oxygens (including phenoxy) is 1. The van der Waals surface area contributed by atoms with Crippen molar-refractivity contribution in [3.05, 3.63) is 89.7 Å². The molecule has 0 spiro atoms. The zero-order valence-corrected chi connectivity index (χ0v) is 16.8. The molecule has 3 aromatic rings. The van der Waals surface area contributed by atoms with Crippen LogP contribution in [0.25, 0.3) is 0 Å². The maximum absolute atomic E-state index is 13.0. The number of anilines is 2. The molecule has 0 aliphatic rings. The normalized spacial score (nSPS) is 10.5. The highest BCUT2D eigenvalue weighted by Gasteiger charge is 2.11. The third-order valence-corrected chi connectivity index (χ3v) is 4.41. The highest BCUT2D eigenvalue weighted by molar-refractivity contribution is 6.05. The Hall–Kier alpha value is -3.67. The van der Waals surface area contributed by atoms with Crippen LogP contribution in [-0.2, 0) is 4.79 Å². The van der Waals surface area contributed by atoms with Crippen LogP contribution in [0.3, 0.4) is 0 Å². The van der Waals surface area contributed by atoms with Gasteiger partial charge in [0.15, 0.2) is 6.61 Å². The molecular weight excluding hydrogens is 383 g/mol. The standard InChI is InChI=1S/C24H23FN2O3/c1-16(2)21-8-3-4-9-22(21)30-15-23(28)26-20-7-5-6-17(14-20)24(29)27-19-12-10-18(25)11-13-19/h3-14,16H,15H2,1-2H3,(H,26,28)(H,27,29). The lowest BCUT2D eigenvalue weighted by Gasteiger charge is -2.14. The quantitative estimate of drug-likeness (QED) is 0.565. The molecule has 0 atom stereocenters. The topological polar surface area (TPSA) is 67.4 Å². The van der Waals surface area contributed by atoms with E-state index in [1.54, 1.807) is 24.3 Å². The summed E-state index contributed by atoms with van der Waals surface area (Å²) in [6, 6.07) is 19.7. The van der Waals surface area contributed by atoms with E-state index in [1.165, 1.54) is 24.3 Å². The molecule has 2 N–H and O–H groups in total. The SMILES string of the molecule is CC(C)c1ccccc1OCC(=O)Nc1cccc(C(=O)Nc2ccc(F)cc2)c1. The second-order valence-electron chi connectivity index (χ2n) is 7.07. The first-order chi connectivity index (χ1) is 14.4. The number of amides is 2. The fraction of sp³-hybridized carbons (Fsp3) is 0.167. The maximum Gasteiger partial charge on any atom is 0.262 e. The summed E-state index contributed by atoms with van der Waals surface area (Å²) in [5.41, 5.74) is 2.36. The van der Waals surface area contributed by atoms with Crippen LogP contribution in [-0.4, -0.2) is 18.4 Å². The first-order valence-corrected chi connectivity index (χ1v) is 9.61. The average Bonchev–Trinajstić information content (AvgIpc) is 2.74. The zero-order valence-electron chi connectivity index (χ0n) is 16.8. The van der Waals surface area contributed by atoms with Crippen molar-refractivity contribution < 1.29 is 18.7 Å². The lowest BCUT2D eigenvalue weighted by molar-refractivity contribution is -0.118. The van der Waals surface area contributed by atoms with Crippen molar-refractivity contribution in [1.29, 1.82) is 0 Å². The summed E-state index contributed by atoms with van der Waals surface area (Å²) in [6.07, 6.45) is 0. The highest BCUT2D eigenvalue weighted by Crippen LogP contribution is 2.25. The number of para-hydroxylation sites is 1. The summed E-state index contributed by atoms with van der Waals surface area (Å²) < 4.78 is 18.7. The van der Waals surface area contributed by atoms with Crippen molar-refractivity contribution >= 4 is 23.2 Å². The van der Waals surface area contributed by atoms with Crippen molar-refractivity contribution in [2.45, 2.75) is 19.8 Å². The van der Waals surface area contributed by atoms with Gasteiger partial charge in [0.1, 0.15) is 11.6 Å². The average molecular weight is 406 g/mol. The summed E-state index contributed by atoms with van der Waals surface area (Å²) in [6.45, 7) is 3.98. The maximum atomic E-state index is 13.0. The molecule has 0 fully saturated rings. The van der Waals surface area contributed by atoms with Gasteiger partial charge in [0.2, 0.25) is 0 Å². The Morgan fingerprint density at radius 3 is 2.37 bits per heavy atom. The van der Waals surface area contributed by atoms with Crippen LogP contribution >= 0.6 is 0 Å². The number of benzene rings is 3. The van der Waals surface area contributed by atoms with Crippen LogP contribution < -0.4 is 15.4 Å². The molecule has 3 rings (SSSR count). The van der Waals surface area contributed by atoms with Gasteiger partial charge in [-0.1, -0.05) is 38.1 Å². The van der Waals surface area contributed by atoms with Crippen molar-refractivity contribution in [3.63, 3.8) is 0 Å². The summed E-state index contributed by atoms with van der Waals surface area (Å²) in [5, 5.41) is 5.42.